The molecule has 0 aliphatic carbocycles. The van der Waals surface area contributed by atoms with E-state index in [2.05, 4.69) is 20.6 Å². The van der Waals surface area contributed by atoms with E-state index in [1.54, 1.807) is 28.9 Å². The zero-order valence-corrected chi connectivity index (χ0v) is 27.6. The van der Waals surface area contributed by atoms with Crippen molar-refractivity contribution in [3.63, 3.8) is 0 Å². The first kappa shape index (κ1) is 35.3. The van der Waals surface area contributed by atoms with Gasteiger partial charge in [0.15, 0.2) is 17.3 Å². The quantitative estimate of drug-likeness (QED) is 0.0915. The predicted octanol–water partition coefficient (Wildman–Crippen LogP) is 4.22. The van der Waals surface area contributed by atoms with Crippen LogP contribution in [-0.4, -0.2) is 70.8 Å². The summed E-state index contributed by atoms with van der Waals surface area (Å²) in [7, 11) is -14.0. The molecule has 4 aromatic rings. The number of azo groups is 1. The van der Waals surface area contributed by atoms with Gasteiger partial charge in [0.25, 0.3) is 30.4 Å². The third kappa shape index (κ3) is 8.45. The highest BCUT2D eigenvalue weighted by Gasteiger charge is 2.29. The van der Waals surface area contributed by atoms with Crippen LogP contribution >= 0.6 is 0 Å². The van der Waals surface area contributed by atoms with Crippen molar-refractivity contribution in [1.82, 2.24) is 19.6 Å². The Labute approximate surface area is 270 Å². The van der Waals surface area contributed by atoms with Crippen LogP contribution in [0.1, 0.15) is 44.9 Å². The molecule has 4 N–H and O–H groups in total. The second-order valence-electron chi connectivity index (χ2n) is 11.1. The summed E-state index contributed by atoms with van der Waals surface area (Å²) in [6, 6.07) is 13.0. The number of nitriles is 1. The largest absolute Gasteiger partial charge is 0.368 e. The summed E-state index contributed by atoms with van der Waals surface area (Å²) >= 11 is 0. The molecule has 0 aliphatic heterocycles. The van der Waals surface area contributed by atoms with E-state index in [-0.39, 0.29) is 30.0 Å². The van der Waals surface area contributed by atoms with Gasteiger partial charge in [0.1, 0.15) is 16.5 Å². The number of nitrogens with zero attached hydrogens (tertiary/aromatic N) is 7. The lowest BCUT2D eigenvalue weighted by atomic mass is 9.91. The van der Waals surface area contributed by atoms with Gasteiger partial charge in [-0.1, -0.05) is 39.0 Å². The molecule has 0 saturated carbocycles. The Balaban J connectivity index is 1.92. The number of aromatic nitrogens is 4. The first-order valence-corrected chi connectivity index (χ1v) is 18.2. The molecule has 4 rings (SSSR count). The van der Waals surface area contributed by atoms with Gasteiger partial charge >= 0.3 is 0 Å². The average Bonchev–Trinajstić information content (AvgIpc) is 3.55. The topological polar surface area (TPSA) is 259 Å². The summed E-state index contributed by atoms with van der Waals surface area (Å²) in [5.41, 5.74) is -0.152. The lowest BCUT2D eigenvalue weighted by Crippen LogP contribution is -2.13. The van der Waals surface area contributed by atoms with Crippen molar-refractivity contribution in [2.45, 2.75) is 48.8 Å². The molecule has 0 fully saturated rings. The van der Waals surface area contributed by atoms with E-state index in [1.807, 2.05) is 32.9 Å². The van der Waals surface area contributed by atoms with Gasteiger partial charge in [-0.2, -0.15) is 40.7 Å². The van der Waals surface area contributed by atoms with Gasteiger partial charge in [-0.05, 0) is 43.2 Å². The van der Waals surface area contributed by atoms with Crippen molar-refractivity contribution in [2.75, 3.05) is 17.6 Å². The van der Waals surface area contributed by atoms with Crippen LogP contribution in [0.5, 0.6) is 0 Å². The van der Waals surface area contributed by atoms with Crippen LogP contribution in [0.2, 0.25) is 0 Å². The maximum Gasteiger partial charge on any atom is 0.296 e. The minimum absolute atomic E-state index is 0.151. The SMILES string of the molecule is CC(C)(C)c1nn(-c2ccccc2)c(NCCCCS(=O)(=O)O)c1/N=N/c1c(C#N)cnn1-c1cc(S(=O)(=O)O)ccc1S(=O)(=O)O. The Morgan fingerprint density at radius 3 is 2.17 bits per heavy atom. The smallest absolute Gasteiger partial charge is 0.296 e. The van der Waals surface area contributed by atoms with Crippen molar-refractivity contribution in [1.29, 1.82) is 5.26 Å². The van der Waals surface area contributed by atoms with Gasteiger partial charge < -0.3 is 5.32 Å². The molecule has 0 radical (unpaired) electrons. The van der Waals surface area contributed by atoms with Gasteiger partial charge in [0, 0.05) is 12.0 Å². The molecule has 0 unspecified atom stereocenters. The van der Waals surface area contributed by atoms with Crippen molar-refractivity contribution in [3.8, 4) is 17.4 Å². The molecule has 0 saturated heterocycles. The second-order valence-corrected chi connectivity index (χ2v) is 15.5. The molecule has 2 aromatic heterocycles. The minimum atomic E-state index is -4.98. The highest BCUT2D eigenvalue weighted by atomic mass is 32.2. The fourth-order valence-electron chi connectivity index (χ4n) is 4.37. The highest BCUT2D eigenvalue weighted by Crippen LogP contribution is 2.40. The Hall–Kier alpha value is -4.52. The number of para-hydroxylation sites is 1. The van der Waals surface area contributed by atoms with E-state index >= 15 is 0 Å². The first-order chi connectivity index (χ1) is 21.8. The van der Waals surface area contributed by atoms with Gasteiger partial charge in [0.05, 0.1) is 33.9 Å². The summed E-state index contributed by atoms with van der Waals surface area (Å²) < 4.78 is 101. The van der Waals surface area contributed by atoms with Crippen molar-refractivity contribution < 1.29 is 38.9 Å². The zero-order valence-electron chi connectivity index (χ0n) is 25.2. The number of unbranched alkanes of at least 4 members (excludes halogenated alkanes) is 1. The van der Waals surface area contributed by atoms with Crippen LogP contribution in [0, 0.1) is 11.3 Å². The molecule has 17 nitrogen and oxygen atoms in total. The molecular weight excluding hydrogens is 677 g/mol. The summed E-state index contributed by atoms with van der Waals surface area (Å²) in [6.07, 6.45) is 1.50. The van der Waals surface area contributed by atoms with Crippen LogP contribution in [0.25, 0.3) is 11.4 Å². The average molecular weight is 707 g/mol. The second kappa shape index (κ2) is 13.3. The first-order valence-electron chi connectivity index (χ1n) is 13.7. The summed E-state index contributed by atoms with van der Waals surface area (Å²) in [5.74, 6) is -0.456. The maximum absolute atomic E-state index is 12.2. The standard InChI is InChI=1S/C27H30N8O9S3/c1-27(2,3)24-23(26(29-13-7-8-14-45(36,37)38)34(33-24)19-9-5-4-6-10-19)31-32-25-18(16-28)17-30-35(25)21-15-20(46(39,40)41)11-12-22(21)47(42,43)44/h4-6,9-12,15,17,29H,7-8,13-14H2,1-3H3,(H,36,37,38)(H,39,40,41)(H,42,43,44)/b32-31+. The van der Waals surface area contributed by atoms with Gasteiger partial charge in [0.2, 0.25) is 0 Å². The lowest BCUT2D eigenvalue weighted by Gasteiger charge is -2.15. The van der Waals surface area contributed by atoms with Crippen molar-refractivity contribution in [2.24, 2.45) is 10.2 Å². The number of hydrogen-bond donors (Lipinski definition) is 4. The van der Waals surface area contributed by atoms with E-state index in [0.29, 0.717) is 23.6 Å². The fraction of sp³-hybridized carbons (Fsp3) is 0.296. The molecule has 250 valence electrons. The predicted molar refractivity (Wildman–Crippen MR) is 168 cm³/mol. The van der Waals surface area contributed by atoms with Gasteiger partial charge in [-0.15, -0.1) is 10.2 Å². The number of hydrogen-bond acceptors (Lipinski definition) is 12. The van der Waals surface area contributed by atoms with Crippen LogP contribution < -0.4 is 5.32 Å². The lowest BCUT2D eigenvalue weighted by molar-refractivity contribution is 0.477. The van der Waals surface area contributed by atoms with Crippen LogP contribution in [0.15, 0.2) is 74.7 Å². The van der Waals surface area contributed by atoms with Crippen LogP contribution in [-0.2, 0) is 35.8 Å². The Morgan fingerprint density at radius 1 is 0.915 bits per heavy atom. The van der Waals surface area contributed by atoms with E-state index in [9.17, 15) is 39.6 Å². The van der Waals surface area contributed by atoms with Crippen LogP contribution in [0.3, 0.4) is 0 Å². The molecule has 47 heavy (non-hydrogen) atoms. The van der Waals surface area contributed by atoms with Crippen LogP contribution in [0.4, 0.5) is 17.3 Å². The molecule has 0 spiro atoms. The Bertz CT molecular complexity index is 2200. The Morgan fingerprint density at radius 2 is 1.60 bits per heavy atom. The zero-order chi connectivity index (χ0) is 34.8. The molecule has 0 atom stereocenters. The third-order valence-electron chi connectivity index (χ3n) is 6.54. The van der Waals surface area contributed by atoms with Gasteiger partial charge in [-0.3, -0.25) is 13.7 Å². The highest BCUT2D eigenvalue weighted by molar-refractivity contribution is 7.86. The third-order valence-corrected chi connectivity index (χ3v) is 9.09. The number of nitrogens with one attached hydrogen (secondary N) is 1. The van der Waals surface area contributed by atoms with E-state index in [1.165, 1.54) is 0 Å². The van der Waals surface area contributed by atoms with Crippen molar-refractivity contribution in [3.05, 3.63) is 66.0 Å². The van der Waals surface area contributed by atoms with E-state index < -0.39 is 57.0 Å². The van der Waals surface area contributed by atoms with Gasteiger partial charge in [-0.25, -0.2) is 9.36 Å². The fourth-order valence-corrected chi connectivity index (χ4v) is 6.09. The van der Waals surface area contributed by atoms with E-state index in [0.717, 1.165) is 29.1 Å². The number of benzene rings is 2. The molecule has 2 aromatic carbocycles. The van der Waals surface area contributed by atoms with Crippen molar-refractivity contribution >= 4 is 47.7 Å². The molecule has 0 amide bonds. The molecule has 2 heterocycles. The number of anilines is 1. The molecule has 0 aliphatic rings. The summed E-state index contributed by atoms with van der Waals surface area (Å²) in [6.45, 7) is 5.82. The molecular formula is C27H30N8O9S3. The minimum Gasteiger partial charge on any atom is -0.368 e. The Kier molecular flexibility index (Phi) is 10.0. The number of rotatable bonds is 12. The molecule has 20 heteroatoms. The molecule has 0 bridgehead atoms. The monoisotopic (exact) mass is 706 g/mol. The summed E-state index contributed by atoms with van der Waals surface area (Å²) in [5, 5.41) is 30.4. The summed E-state index contributed by atoms with van der Waals surface area (Å²) in [4.78, 5) is -1.52. The maximum atomic E-state index is 12.2. The normalized spacial score (nSPS) is 12.8. The van der Waals surface area contributed by atoms with E-state index in [4.69, 9.17) is 9.65 Å².